The number of hydrogen-bond donors (Lipinski definition) is 7. The predicted molar refractivity (Wildman–Crippen MR) is 90.4 cm³/mol. The second-order valence-corrected chi connectivity index (χ2v) is 5.69. The molecule has 0 aliphatic heterocycles. The van der Waals surface area contributed by atoms with Gasteiger partial charge in [-0.15, -0.1) is 0 Å². The smallest absolute Gasteiger partial charge is 0.326 e. The quantitative estimate of drug-likeness (QED) is 0.172. The summed E-state index contributed by atoms with van der Waals surface area (Å²) < 4.78 is 0. The molecule has 0 aliphatic rings. The van der Waals surface area contributed by atoms with Crippen molar-refractivity contribution in [3.63, 3.8) is 0 Å². The van der Waals surface area contributed by atoms with E-state index in [0.29, 0.717) is 0 Å². The van der Waals surface area contributed by atoms with Crippen LogP contribution in [0, 0.1) is 0 Å². The Hall–Kier alpha value is -3.22. The van der Waals surface area contributed by atoms with Crippen molar-refractivity contribution >= 4 is 35.5 Å². The van der Waals surface area contributed by atoms with Gasteiger partial charge < -0.3 is 38.3 Å². The lowest BCUT2D eigenvalue weighted by atomic mass is 10.1. The maximum atomic E-state index is 11.9. The van der Waals surface area contributed by atoms with E-state index in [9.17, 15) is 28.8 Å². The Balaban J connectivity index is 4.41. The molecule has 0 bridgehead atoms. The summed E-state index contributed by atoms with van der Waals surface area (Å²) >= 11 is 0. The van der Waals surface area contributed by atoms with Crippen LogP contribution >= 0.6 is 0 Å². The van der Waals surface area contributed by atoms with Gasteiger partial charge in [0.05, 0.1) is 19.0 Å². The Morgan fingerprint density at radius 3 is 2.04 bits per heavy atom. The van der Waals surface area contributed by atoms with E-state index in [1.807, 2.05) is 5.32 Å². The summed E-state index contributed by atoms with van der Waals surface area (Å²) in [6.45, 7) is 0.744. The van der Waals surface area contributed by atoms with Gasteiger partial charge in [0, 0.05) is 6.42 Å². The minimum absolute atomic E-state index is 0.00829. The van der Waals surface area contributed by atoms with Crippen LogP contribution in [0.3, 0.4) is 0 Å². The number of amides is 5. The van der Waals surface area contributed by atoms with Gasteiger partial charge in [0.1, 0.15) is 12.1 Å². The fourth-order valence-electron chi connectivity index (χ4n) is 1.78. The average Bonchev–Trinajstić information content (AvgIpc) is 2.55. The van der Waals surface area contributed by atoms with Crippen LogP contribution in [-0.2, 0) is 28.8 Å². The molecule has 0 aliphatic carbocycles. The van der Waals surface area contributed by atoms with Crippen molar-refractivity contribution in [1.82, 2.24) is 16.0 Å². The van der Waals surface area contributed by atoms with E-state index in [1.54, 1.807) is 0 Å². The highest BCUT2D eigenvalue weighted by Crippen LogP contribution is 1.95. The number of carbonyl (C=O) groups is 6. The van der Waals surface area contributed by atoms with Gasteiger partial charge in [-0.3, -0.25) is 24.0 Å². The van der Waals surface area contributed by atoms with Gasteiger partial charge in [0.15, 0.2) is 0 Å². The Morgan fingerprint density at radius 1 is 0.963 bits per heavy atom. The van der Waals surface area contributed by atoms with Crippen LogP contribution in [0.15, 0.2) is 0 Å². The summed E-state index contributed by atoms with van der Waals surface area (Å²) in [5.74, 6) is -5.28. The molecule has 0 rings (SSSR count). The highest BCUT2D eigenvalue weighted by molar-refractivity contribution is 5.93. The lowest BCUT2D eigenvalue weighted by molar-refractivity contribution is -0.143. The van der Waals surface area contributed by atoms with Gasteiger partial charge in [-0.1, -0.05) is 0 Å². The zero-order chi connectivity index (χ0) is 21.1. The molecule has 0 saturated heterocycles. The van der Waals surface area contributed by atoms with E-state index in [1.165, 1.54) is 6.92 Å². The highest BCUT2D eigenvalue weighted by atomic mass is 16.4. The van der Waals surface area contributed by atoms with Crippen molar-refractivity contribution in [1.29, 1.82) is 0 Å². The summed E-state index contributed by atoms with van der Waals surface area (Å²) in [7, 11) is 0. The van der Waals surface area contributed by atoms with E-state index >= 15 is 0 Å². The van der Waals surface area contributed by atoms with Crippen LogP contribution in [0.4, 0.5) is 0 Å². The number of nitrogens with one attached hydrogen (secondary N) is 3. The van der Waals surface area contributed by atoms with Crippen LogP contribution in [0.25, 0.3) is 0 Å². The SMILES string of the molecule is CC(NC(=O)C(N)CCC(N)=O)C(=O)NCC(=O)NC(CC(N)=O)C(=O)O. The van der Waals surface area contributed by atoms with Crippen molar-refractivity contribution < 1.29 is 33.9 Å². The first-order chi connectivity index (χ1) is 12.4. The molecule has 152 valence electrons. The average molecular weight is 388 g/mol. The van der Waals surface area contributed by atoms with Crippen LogP contribution in [0.1, 0.15) is 26.2 Å². The Bertz CT molecular complexity index is 609. The molecule has 27 heavy (non-hydrogen) atoms. The summed E-state index contributed by atoms with van der Waals surface area (Å²) in [6, 6.07) is -3.61. The van der Waals surface area contributed by atoms with Crippen molar-refractivity contribution in [3.8, 4) is 0 Å². The molecule has 0 aromatic rings. The van der Waals surface area contributed by atoms with Gasteiger partial charge in [-0.2, -0.15) is 0 Å². The largest absolute Gasteiger partial charge is 0.480 e. The standard InChI is InChI=1S/C14H24N6O7/c1-6(19-13(25)7(15)2-3-9(16)21)12(24)18-5-11(23)20-8(14(26)27)4-10(17)22/h6-8H,2-5,15H2,1H3,(H2,16,21)(H2,17,22)(H,18,24)(H,19,25)(H,20,23)(H,26,27). The maximum Gasteiger partial charge on any atom is 0.326 e. The number of primary amides is 2. The monoisotopic (exact) mass is 388 g/mol. The fraction of sp³-hybridized carbons (Fsp3) is 0.571. The van der Waals surface area contributed by atoms with Gasteiger partial charge >= 0.3 is 5.97 Å². The lowest BCUT2D eigenvalue weighted by Crippen LogP contribution is -2.52. The lowest BCUT2D eigenvalue weighted by Gasteiger charge is -2.17. The van der Waals surface area contributed by atoms with E-state index in [-0.39, 0.29) is 12.8 Å². The van der Waals surface area contributed by atoms with Crippen LogP contribution < -0.4 is 33.2 Å². The molecule has 5 amide bonds. The van der Waals surface area contributed by atoms with Crippen LogP contribution in [0.5, 0.6) is 0 Å². The fourth-order valence-corrected chi connectivity index (χ4v) is 1.78. The molecular weight excluding hydrogens is 364 g/mol. The van der Waals surface area contributed by atoms with E-state index < -0.39 is 66.6 Å². The Labute approximate surface area is 154 Å². The van der Waals surface area contributed by atoms with Crippen molar-refractivity contribution in [2.45, 2.75) is 44.3 Å². The third kappa shape index (κ3) is 10.4. The number of carboxylic acid groups (broad SMARTS) is 1. The minimum atomic E-state index is -1.52. The number of aliphatic carboxylic acids is 1. The van der Waals surface area contributed by atoms with Crippen molar-refractivity contribution in [3.05, 3.63) is 0 Å². The number of carbonyl (C=O) groups excluding carboxylic acids is 5. The first-order valence-corrected chi connectivity index (χ1v) is 7.86. The predicted octanol–water partition coefficient (Wildman–Crippen LogP) is -4.36. The molecule has 0 aromatic heterocycles. The third-order valence-electron chi connectivity index (χ3n) is 3.25. The van der Waals surface area contributed by atoms with Crippen LogP contribution in [-0.4, -0.2) is 65.3 Å². The molecule has 13 nitrogen and oxygen atoms in total. The zero-order valence-electron chi connectivity index (χ0n) is 14.7. The van der Waals surface area contributed by atoms with E-state index in [4.69, 9.17) is 22.3 Å². The van der Waals surface area contributed by atoms with Gasteiger partial charge in [-0.05, 0) is 13.3 Å². The molecule has 3 unspecified atom stereocenters. The topological polar surface area (TPSA) is 237 Å². The number of carboxylic acids is 1. The molecule has 0 fully saturated rings. The number of hydrogen-bond acceptors (Lipinski definition) is 7. The van der Waals surface area contributed by atoms with Gasteiger partial charge in [0.25, 0.3) is 0 Å². The molecule has 0 radical (unpaired) electrons. The molecule has 0 heterocycles. The van der Waals surface area contributed by atoms with E-state index in [0.717, 1.165) is 0 Å². The highest BCUT2D eigenvalue weighted by Gasteiger charge is 2.24. The number of nitrogens with two attached hydrogens (primary N) is 3. The first kappa shape index (κ1) is 23.8. The summed E-state index contributed by atoms with van der Waals surface area (Å²) in [5, 5.41) is 15.4. The van der Waals surface area contributed by atoms with Crippen molar-refractivity contribution in [2.24, 2.45) is 17.2 Å². The third-order valence-corrected chi connectivity index (χ3v) is 3.25. The summed E-state index contributed by atoms with van der Waals surface area (Å²) in [6.07, 6.45) is -0.690. The summed E-state index contributed by atoms with van der Waals surface area (Å²) in [5.41, 5.74) is 15.4. The Kier molecular flexibility index (Phi) is 10.0. The van der Waals surface area contributed by atoms with E-state index in [2.05, 4.69) is 10.6 Å². The van der Waals surface area contributed by atoms with Crippen molar-refractivity contribution in [2.75, 3.05) is 6.54 Å². The number of rotatable bonds is 12. The molecule has 10 N–H and O–H groups in total. The van der Waals surface area contributed by atoms with Gasteiger partial charge in [0.2, 0.25) is 29.5 Å². The molecule has 13 heteroatoms. The van der Waals surface area contributed by atoms with Crippen LogP contribution in [0.2, 0.25) is 0 Å². The molecule has 3 atom stereocenters. The molecular formula is C14H24N6O7. The maximum absolute atomic E-state index is 11.9. The first-order valence-electron chi connectivity index (χ1n) is 7.86. The normalized spacial score (nSPS) is 13.6. The zero-order valence-corrected chi connectivity index (χ0v) is 14.7. The Morgan fingerprint density at radius 2 is 1.56 bits per heavy atom. The second-order valence-electron chi connectivity index (χ2n) is 5.69. The van der Waals surface area contributed by atoms with Gasteiger partial charge in [-0.25, -0.2) is 4.79 Å². The molecule has 0 saturated carbocycles. The summed E-state index contributed by atoms with van der Waals surface area (Å²) in [4.78, 5) is 67.6. The second kappa shape index (κ2) is 11.4. The minimum Gasteiger partial charge on any atom is -0.480 e. The molecule has 0 aromatic carbocycles. The molecule has 0 spiro atoms.